The Bertz CT molecular complexity index is 1630. The van der Waals surface area contributed by atoms with Crippen molar-refractivity contribution >= 4 is 23.4 Å². The van der Waals surface area contributed by atoms with Gasteiger partial charge in [-0.15, -0.1) is 0 Å². The van der Waals surface area contributed by atoms with E-state index in [1.54, 1.807) is 12.1 Å². The highest BCUT2D eigenvalue weighted by Gasteiger charge is 2.77. The number of hydrogen-bond donors (Lipinski definition) is 2. The molecule has 12 heteroatoms. The quantitative estimate of drug-likeness (QED) is 0.184. The van der Waals surface area contributed by atoms with Crippen LogP contribution in [0.15, 0.2) is 66.7 Å². The van der Waals surface area contributed by atoms with Crippen molar-refractivity contribution in [1.82, 2.24) is 5.32 Å². The maximum atomic E-state index is 14.6. The fourth-order valence-electron chi connectivity index (χ4n) is 5.84. The molecule has 12 nitrogen and oxygen atoms in total. The molecule has 2 aliphatic heterocycles. The summed E-state index contributed by atoms with van der Waals surface area (Å²) in [5, 5.41) is 35.1. The van der Waals surface area contributed by atoms with Gasteiger partial charge in [0.1, 0.15) is 11.5 Å². The molecule has 0 bridgehead atoms. The van der Waals surface area contributed by atoms with Gasteiger partial charge in [0, 0.05) is 17.7 Å². The van der Waals surface area contributed by atoms with Crippen molar-refractivity contribution < 1.29 is 38.6 Å². The zero-order valence-corrected chi connectivity index (χ0v) is 22.5. The minimum Gasteiger partial charge on any atom is -0.508 e. The van der Waals surface area contributed by atoms with Crippen LogP contribution in [0.2, 0.25) is 0 Å². The van der Waals surface area contributed by atoms with Gasteiger partial charge in [0.05, 0.1) is 47.3 Å². The third kappa shape index (κ3) is 4.05. The van der Waals surface area contributed by atoms with E-state index < -0.39 is 57.2 Å². The van der Waals surface area contributed by atoms with Crippen molar-refractivity contribution in [2.75, 3.05) is 13.2 Å². The normalized spacial score (nSPS) is 21.7. The number of esters is 2. The maximum Gasteiger partial charge on any atom is 0.338 e. The molecule has 3 aromatic carbocycles. The molecule has 3 atom stereocenters. The molecular weight excluding hydrogens is 546 g/mol. The molecule has 5 rings (SSSR count). The van der Waals surface area contributed by atoms with E-state index >= 15 is 0 Å². The fourth-order valence-corrected chi connectivity index (χ4v) is 5.84. The van der Waals surface area contributed by atoms with Gasteiger partial charge in [0.2, 0.25) is 16.9 Å². The molecule has 1 spiro atoms. The first kappa shape index (κ1) is 28.3. The summed E-state index contributed by atoms with van der Waals surface area (Å²) >= 11 is 0. The molecule has 2 aliphatic rings. The number of ether oxygens (including phenoxy) is 3. The lowest BCUT2D eigenvalue weighted by Crippen LogP contribution is -2.61. The Labute approximate surface area is 239 Å². The fraction of sp³-hybridized carbons (Fsp3) is 0.267. The lowest BCUT2D eigenvalue weighted by atomic mass is 9.68. The molecule has 42 heavy (non-hydrogen) atoms. The highest BCUT2D eigenvalue weighted by Crippen LogP contribution is 2.59. The van der Waals surface area contributed by atoms with Gasteiger partial charge in [-0.25, -0.2) is 9.59 Å². The zero-order chi connectivity index (χ0) is 30.2. The summed E-state index contributed by atoms with van der Waals surface area (Å²) in [6, 6.07) is 15.9. The average Bonchev–Trinajstić information content (AvgIpc) is 3.46. The van der Waals surface area contributed by atoms with Gasteiger partial charge < -0.3 is 19.3 Å². The summed E-state index contributed by atoms with van der Waals surface area (Å²) in [6.45, 7) is 2.79. The number of fused-ring (bicyclic) bond motifs is 1. The maximum absolute atomic E-state index is 14.6. The Morgan fingerprint density at radius 1 is 1.07 bits per heavy atom. The number of nitriles is 1. The van der Waals surface area contributed by atoms with Crippen LogP contribution in [0.25, 0.3) is 0 Å². The summed E-state index contributed by atoms with van der Waals surface area (Å²) in [7, 11) is 0. The van der Waals surface area contributed by atoms with Crippen molar-refractivity contribution in [2.24, 2.45) is 0 Å². The van der Waals surface area contributed by atoms with E-state index in [-0.39, 0.29) is 41.2 Å². The summed E-state index contributed by atoms with van der Waals surface area (Å²) in [4.78, 5) is 53.5. The summed E-state index contributed by atoms with van der Waals surface area (Å²) < 4.78 is 17.2. The summed E-state index contributed by atoms with van der Waals surface area (Å²) in [5.74, 6) is -4.63. The van der Waals surface area contributed by atoms with Crippen LogP contribution in [-0.2, 0) is 19.1 Å². The van der Waals surface area contributed by atoms with Crippen LogP contribution in [0.1, 0.15) is 52.9 Å². The first-order chi connectivity index (χ1) is 20.1. The van der Waals surface area contributed by atoms with Crippen LogP contribution in [0.4, 0.5) is 5.69 Å². The number of phenols is 1. The Hall–Kier alpha value is -5.28. The van der Waals surface area contributed by atoms with Crippen molar-refractivity contribution in [3.05, 3.63) is 99.1 Å². The second-order valence-electron chi connectivity index (χ2n) is 9.71. The first-order valence-electron chi connectivity index (χ1n) is 13.1. The molecule has 1 fully saturated rings. The van der Waals surface area contributed by atoms with Crippen molar-refractivity contribution in [1.29, 1.82) is 5.26 Å². The van der Waals surface area contributed by atoms with E-state index in [9.17, 15) is 34.9 Å². The number of aromatic hydroxyl groups is 1. The monoisotopic (exact) mass is 571 g/mol. The predicted molar refractivity (Wildman–Crippen MR) is 145 cm³/mol. The Balaban J connectivity index is 1.90. The second kappa shape index (κ2) is 10.6. The number of rotatable bonds is 7. The van der Waals surface area contributed by atoms with Crippen LogP contribution in [0.5, 0.6) is 11.5 Å². The SMILES string of the molecule is CCOC(=O)C1(C(=O)OCC)N[C@H](c2cc([N+](=O)[O-])ccc2O)[C@]2(Oc3ccccc3C2=O)[C@@H]1c1ccc(C#N)cc1. The van der Waals surface area contributed by atoms with Gasteiger partial charge in [-0.2, -0.15) is 5.26 Å². The average molecular weight is 572 g/mol. The number of ketones is 1. The number of benzene rings is 3. The molecule has 2 N–H and O–H groups in total. The predicted octanol–water partition coefficient (Wildman–Crippen LogP) is 3.48. The number of Topliss-reactive ketones (excluding diaryl/α,β-unsaturated/α-hetero) is 1. The molecule has 0 aliphatic carbocycles. The van der Waals surface area contributed by atoms with Crippen LogP contribution in [0, 0.1) is 21.4 Å². The van der Waals surface area contributed by atoms with Crippen LogP contribution >= 0.6 is 0 Å². The van der Waals surface area contributed by atoms with Gasteiger partial charge in [0.15, 0.2) is 0 Å². The van der Waals surface area contributed by atoms with Gasteiger partial charge in [0.25, 0.3) is 5.69 Å². The molecule has 214 valence electrons. The van der Waals surface area contributed by atoms with Crippen LogP contribution in [0.3, 0.4) is 0 Å². The largest absolute Gasteiger partial charge is 0.508 e. The van der Waals surface area contributed by atoms with E-state index in [0.717, 1.165) is 18.2 Å². The molecule has 0 radical (unpaired) electrons. The molecular formula is C30H25N3O9. The van der Waals surface area contributed by atoms with Gasteiger partial charge in [-0.1, -0.05) is 24.3 Å². The number of carbonyl (C=O) groups excluding carboxylic acids is 3. The third-order valence-corrected chi connectivity index (χ3v) is 7.53. The second-order valence-corrected chi connectivity index (χ2v) is 9.71. The minimum absolute atomic E-state index is 0.136. The Morgan fingerprint density at radius 3 is 2.29 bits per heavy atom. The number of hydrogen-bond acceptors (Lipinski definition) is 11. The van der Waals surface area contributed by atoms with Crippen LogP contribution < -0.4 is 10.1 Å². The van der Waals surface area contributed by atoms with E-state index in [2.05, 4.69) is 5.32 Å². The lowest BCUT2D eigenvalue weighted by molar-refractivity contribution is -0.385. The number of para-hydroxylation sites is 1. The number of nitro benzene ring substituents is 1. The lowest BCUT2D eigenvalue weighted by Gasteiger charge is -2.37. The molecule has 0 amide bonds. The number of carbonyl (C=O) groups is 3. The number of nitrogens with zero attached hydrogens (tertiary/aromatic N) is 2. The molecule has 0 saturated carbocycles. The number of phenolic OH excluding ortho intramolecular Hbond substituents is 1. The van der Waals surface area contributed by atoms with Crippen LogP contribution in [-0.4, -0.2) is 52.1 Å². The van der Waals surface area contributed by atoms with E-state index in [1.165, 1.54) is 50.2 Å². The van der Waals surface area contributed by atoms with Crippen molar-refractivity contribution in [3.63, 3.8) is 0 Å². The van der Waals surface area contributed by atoms with Gasteiger partial charge in [-0.05, 0) is 49.7 Å². The third-order valence-electron chi connectivity index (χ3n) is 7.53. The van der Waals surface area contributed by atoms with Crippen molar-refractivity contribution in [2.45, 2.75) is 36.9 Å². The summed E-state index contributed by atoms with van der Waals surface area (Å²) in [6.07, 6.45) is 0. The first-order valence-corrected chi connectivity index (χ1v) is 13.1. The summed E-state index contributed by atoms with van der Waals surface area (Å²) in [5.41, 5.74) is -4.54. The topological polar surface area (TPSA) is 178 Å². The Kier molecular flexibility index (Phi) is 7.13. The molecule has 2 heterocycles. The van der Waals surface area contributed by atoms with E-state index in [4.69, 9.17) is 14.2 Å². The zero-order valence-electron chi connectivity index (χ0n) is 22.5. The van der Waals surface area contributed by atoms with E-state index in [0.29, 0.717) is 0 Å². The standard InChI is InChI=1S/C30H25N3O9/c1-3-40-27(36)29(28(37)41-4-2)24(18-11-9-17(16-31)10-12-18)30(26(35)20-7-5-6-8-23(20)42-30)25(32-29)21-15-19(33(38)39)13-14-22(21)34/h5-15,24-25,32,34H,3-4H2,1-2H3/t24-,25-,30-/m1/s1. The molecule has 3 aromatic rings. The molecule has 0 unspecified atom stereocenters. The minimum atomic E-state index is -2.43. The number of nitro groups is 1. The smallest absolute Gasteiger partial charge is 0.338 e. The number of nitrogens with one attached hydrogen (secondary N) is 1. The highest BCUT2D eigenvalue weighted by molar-refractivity contribution is 6.14. The molecule has 0 aromatic heterocycles. The van der Waals surface area contributed by atoms with Gasteiger partial charge >= 0.3 is 11.9 Å². The Morgan fingerprint density at radius 2 is 1.71 bits per heavy atom. The van der Waals surface area contributed by atoms with E-state index in [1.807, 2.05) is 6.07 Å². The number of non-ortho nitro benzene ring substituents is 1. The van der Waals surface area contributed by atoms with Crippen molar-refractivity contribution in [3.8, 4) is 17.6 Å². The highest BCUT2D eigenvalue weighted by atomic mass is 16.6. The molecule has 1 saturated heterocycles. The van der Waals surface area contributed by atoms with Gasteiger partial charge in [-0.3, -0.25) is 20.2 Å².